The van der Waals surface area contributed by atoms with Gasteiger partial charge in [-0.2, -0.15) is 0 Å². The van der Waals surface area contributed by atoms with Gasteiger partial charge in [-0.25, -0.2) is 9.59 Å². The van der Waals surface area contributed by atoms with Crippen LogP contribution in [0, 0.1) is 0 Å². The van der Waals surface area contributed by atoms with E-state index in [9.17, 15) is 9.59 Å². The van der Waals surface area contributed by atoms with Crippen molar-refractivity contribution >= 4 is 23.0 Å². The summed E-state index contributed by atoms with van der Waals surface area (Å²) < 4.78 is 11.4. The van der Waals surface area contributed by atoms with Crippen LogP contribution in [-0.2, 0) is 4.74 Å². The fourth-order valence-electron chi connectivity index (χ4n) is 2.18. The molecular formula is C17H13NO4. The Bertz CT molecular complexity index is 836. The standard InChI is InChI=1S/C17H13NO4/c1-21-17(20)18-10-9-13-11-14(7-8-15(13)18)22-16(19)12-5-3-2-4-6-12/h2-11H,1H3. The minimum atomic E-state index is -0.468. The van der Waals surface area contributed by atoms with Gasteiger partial charge in [-0.3, -0.25) is 4.57 Å². The van der Waals surface area contributed by atoms with Crippen LogP contribution in [0.2, 0.25) is 0 Å². The Kier molecular flexibility index (Phi) is 3.62. The van der Waals surface area contributed by atoms with Gasteiger partial charge in [0.25, 0.3) is 0 Å². The molecule has 0 N–H and O–H groups in total. The van der Waals surface area contributed by atoms with E-state index in [0.29, 0.717) is 16.8 Å². The summed E-state index contributed by atoms with van der Waals surface area (Å²) in [5, 5.41) is 0.781. The van der Waals surface area contributed by atoms with Crippen LogP contribution >= 0.6 is 0 Å². The van der Waals surface area contributed by atoms with E-state index >= 15 is 0 Å². The molecule has 0 aliphatic rings. The molecule has 0 atom stereocenters. The van der Waals surface area contributed by atoms with Crippen molar-refractivity contribution in [3.8, 4) is 5.75 Å². The number of fused-ring (bicyclic) bond motifs is 1. The first-order valence-corrected chi connectivity index (χ1v) is 6.66. The lowest BCUT2D eigenvalue weighted by atomic mass is 10.2. The van der Waals surface area contributed by atoms with Crippen molar-refractivity contribution in [2.24, 2.45) is 0 Å². The Morgan fingerprint density at radius 1 is 1.00 bits per heavy atom. The van der Waals surface area contributed by atoms with E-state index in [4.69, 9.17) is 9.47 Å². The predicted molar refractivity (Wildman–Crippen MR) is 81.1 cm³/mol. The zero-order chi connectivity index (χ0) is 15.5. The molecule has 3 aromatic rings. The van der Waals surface area contributed by atoms with Gasteiger partial charge in [0.05, 0.1) is 18.2 Å². The van der Waals surface area contributed by atoms with Crippen molar-refractivity contribution < 1.29 is 19.1 Å². The number of hydrogen-bond acceptors (Lipinski definition) is 4. The van der Waals surface area contributed by atoms with E-state index in [-0.39, 0.29) is 0 Å². The number of rotatable bonds is 2. The Morgan fingerprint density at radius 2 is 1.77 bits per heavy atom. The van der Waals surface area contributed by atoms with Gasteiger partial charge >= 0.3 is 12.1 Å². The molecule has 5 heteroatoms. The van der Waals surface area contributed by atoms with Gasteiger partial charge in [0.15, 0.2) is 0 Å². The molecule has 0 radical (unpaired) electrons. The third kappa shape index (κ3) is 2.56. The molecule has 0 fully saturated rings. The van der Waals surface area contributed by atoms with Gasteiger partial charge in [-0.05, 0) is 36.4 Å². The average molecular weight is 295 g/mol. The van der Waals surface area contributed by atoms with Crippen molar-refractivity contribution in [3.63, 3.8) is 0 Å². The van der Waals surface area contributed by atoms with Crippen LogP contribution in [0.3, 0.4) is 0 Å². The number of carbonyl (C=O) groups is 2. The number of ether oxygens (including phenoxy) is 2. The van der Waals surface area contributed by atoms with E-state index in [1.165, 1.54) is 11.7 Å². The summed E-state index contributed by atoms with van der Waals surface area (Å²) in [6.07, 6.45) is 1.14. The lowest BCUT2D eigenvalue weighted by molar-refractivity contribution is 0.0735. The number of benzene rings is 2. The molecule has 0 unspecified atom stereocenters. The van der Waals surface area contributed by atoms with Gasteiger partial charge in [0.2, 0.25) is 0 Å². The molecule has 3 rings (SSSR count). The third-order valence-corrected chi connectivity index (χ3v) is 3.25. The van der Waals surface area contributed by atoms with Crippen molar-refractivity contribution in [2.75, 3.05) is 7.11 Å². The second kappa shape index (κ2) is 5.73. The second-order valence-electron chi connectivity index (χ2n) is 4.63. The molecule has 0 aliphatic heterocycles. The van der Waals surface area contributed by atoms with Gasteiger partial charge in [-0.1, -0.05) is 18.2 Å². The molecule has 0 saturated heterocycles. The number of hydrogen-bond donors (Lipinski definition) is 0. The second-order valence-corrected chi connectivity index (χ2v) is 4.63. The highest BCUT2D eigenvalue weighted by atomic mass is 16.5. The molecule has 1 heterocycles. The van der Waals surface area contributed by atoms with Gasteiger partial charge in [0, 0.05) is 11.6 Å². The molecule has 0 saturated carbocycles. The van der Waals surface area contributed by atoms with Gasteiger partial charge < -0.3 is 9.47 Å². The van der Waals surface area contributed by atoms with Gasteiger partial charge in [-0.15, -0.1) is 0 Å². The summed E-state index contributed by atoms with van der Waals surface area (Å²) in [5.41, 5.74) is 1.17. The Hall–Kier alpha value is -3.08. The smallest absolute Gasteiger partial charge is 0.418 e. The van der Waals surface area contributed by atoms with Crippen LogP contribution in [0.1, 0.15) is 10.4 Å². The maximum absolute atomic E-state index is 12.0. The molecule has 5 nitrogen and oxygen atoms in total. The topological polar surface area (TPSA) is 57.5 Å². The number of carbonyl (C=O) groups excluding carboxylic acids is 2. The first-order valence-electron chi connectivity index (χ1n) is 6.66. The maximum atomic E-state index is 12.0. The average Bonchev–Trinajstić information content (AvgIpc) is 2.98. The fraction of sp³-hybridized carbons (Fsp3) is 0.0588. The molecule has 2 aromatic carbocycles. The predicted octanol–water partition coefficient (Wildman–Crippen LogP) is 3.48. The summed E-state index contributed by atoms with van der Waals surface area (Å²) in [4.78, 5) is 23.6. The zero-order valence-corrected chi connectivity index (χ0v) is 11.9. The Labute approximate surface area is 126 Å². The number of aromatic nitrogens is 1. The van der Waals surface area contributed by atoms with Crippen LogP contribution in [-0.4, -0.2) is 23.7 Å². The number of nitrogens with zero attached hydrogens (tertiary/aromatic N) is 1. The fourth-order valence-corrected chi connectivity index (χ4v) is 2.18. The van der Waals surface area contributed by atoms with Crippen LogP contribution in [0.25, 0.3) is 10.9 Å². The minimum Gasteiger partial charge on any atom is -0.452 e. The van der Waals surface area contributed by atoms with E-state index in [2.05, 4.69) is 0 Å². The lowest BCUT2D eigenvalue weighted by Crippen LogP contribution is -2.10. The molecule has 0 aliphatic carbocycles. The lowest BCUT2D eigenvalue weighted by Gasteiger charge is -2.05. The Morgan fingerprint density at radius 3 is 2.50 bits per heavy atom. The Balaban J connectivity index is 1.87. The monoisotopic (exact) mass is 295 g/mol. The third-order valence-electron chi connectivity index (χ3n) is 3.25. The molecule has 110 valence electrons. The highest BCUT2D eigenvalue weighted by molar-refractivity contribution is 5.93. The van der Waals surface area contributed by atoms with Crippen LogP contribution in [0.15, 0.2) is 60.8 Å². The van der Waals surface area contributed by atoms with E-state index in [0.717, 1.165) is 5.39 Å². The van der Waals surface area contributed by atoms with Crippen molar-refractivity contribution in [3.05, 3.63) is 66.4 Å². The highest BCUT2D eigenvalue weighted by Gasteiger charge is 2.11. The summed E-state index contributed by atoms with van der Waals surface area (Å²) in [5.74, 6) is -0.00341. The minimum absolute atomic E-state index is 0.420. The van der Waals surface area contributed by atoms with E-state index in [1.54, 1.807) is 54.7 Å². The zero-order valence-electron chi connectivity index (χ0n) is 11.9. The van der Waals surface area contributed by atoms with E-state index in [1.807, 2.05) is 6.07 Å². The molecule has 0 bridgehead atoms. The van der Waals surface area contributed by atoms with Crippen LogP contribution < -0.4 is 4.74 Å². The molecule has 0 spiro atoms. The summed E-state index contributed by atoms with van der Waals surface area (Å²) in [6.45, 7) is 0. The quantitative estimate of drug-likeness (QED) is 0.536. The largest absolute Gasteiger partial charge is 0.452 e. The van der Waals surface area contributed by atoms with Crippen molar-refractivity contribution in [1.82, 2.24) is 4.57 Å². The van der Waals surface area contributed by atoms with Crippen LogP contribution in [0.5, 0.6) is 5.75 Å². The number of methoxy groups -OCH3 is 1. The highest BCUT2D eigenvalue weighted by Crippen LogP contribution is 2.23. The van der Waals surface area contributed by atoms with Crippen molar-refractivity contribution in [1.29, 1.82) is 0 Å². The summed E-state index contributed by atoms with van der Waals surface area (Å²) in [7, 11) is 1.32. The van der Waals surface area contributed by atoms with Crippen LogP contribution in [0.4, 0.5) is 4.79 Å². The summed E-state index contributed by atoms with van der Waals surface area (Å²) in [6, 6.07) is 15.6. The molecule has 0 amide bonds. The van der Waals surface area contributed by atoms with Gasteiger partial charge in [0.1, 0.15) is 5.75 Å². The first-order chi connectivity index (χ1) is 10.7. The first kappa shape index (κ1) is 13.9. The number of esters is 1. The SMILES string of the molecule is COC(=O)n1ccc2cc(OC(=O)c3ccccc3)ccc21. The molecule has 1 aromatic heterocycles. The van der Waals surface area contributed by atoms with E-state index < -0.39 is 12.1 Å². The summed E-state index contributed by atoms with van der Waals surface area (Å²) >= 11 is 0. The van der Waals surface area contributed by atoms with Crippen molar-refractivity contribution in [2.45, 2.75) is 0 Å². The molecule has 22 heavy (non-hydrogen) atoms. The molecular weight excluding hydrogens is 282 g/mol. The normalized spacial score (nSPS) is 10.4. The maximum Gasteiger partial charge on any atom is 0.418 e.